The molecule has 0 saturated carbocycles. The van der Waals surface area contributed by atoms with Gasteiger partial charge in [-0.2, -0.15) is 0 Å². The van der Waals surface area contributed by atoms with Crippen molar-refractivity contribution in [1.82, 2.24) is 0 Å². The molecule has 0 heterocycles. The third kappa shape index (κ3) is 23.5. The molecule has 0 aliphatic carbocycles. The summed E-state index contributed by atoms with van der Waals surface area (Å²) in [5, 5.41) is 34.5. The molecule has 0 bridgehead atoms. The van der Waals surface area contributed by atoms with Gasteiger partial charge in [-0.25, -0.2) is 9.59 Å². The minimum absolute atomic E-state index is 0.289. The monoisotopic (exact) mass is 1480 g/mol. The van der Waals surface area contributed by atoms with Crippen LogP contribution in [0.4, 0.5) is 0 Å². The Bertz CT molecular complexity index is 4240. The zero-order valence-corrected chi connectivity index (χ0v) is 64.9. The second kappa shape index (κ2) is 42.9. The Labute approximate surface area is 643 Å². The quantitative estimate of drug-likeness (QED) is 0.0569. The van der Waals surface area contributed by atoms with Crippen LogP contribution in [-0.4, -0.2) is 43.3 Å². The molecular weight excluding hydrogens is 1400 g/mol. The van der Waals surface area contributed by atoms with E-state index < -0.39 is 44.8 Å². The second-order valence-corrected chi connectivity index (χ2v) is 33.6. The van der Waals surface area contributed by atoms with Crippen molar-refractivity contribution in [2.45, 2.75) is 20.8 Å². The molecule has 6 nitrogen and oxygen atoms in total. The summed E-state index contributed by atoms with van der Waals surface area (Å²) in [6, 6.07) is 148. The Morgan fingerprint density at radius 1 is 0.241 bits per heavy atom. The average Bonchev–Trinajstić information content (AvgIpc) is 0.840. The number of carbonyl (C=O) groups excluding carboxylic acids is 2. The maximum atomic E-state index is 11.5. The molecular formula is C97H87BO6P4. The maximum absolute atomic E-state index is 11.5. The number of hydrogen-bond donors (Lipinski definition) is 2. The number of aryl methyl sites for hydroxylation is 3. The van der Waals surface area contributed by atoms with Crippen LogP contribution in [0.2, 0.25) is 0 Å². The Kier molecular flexibility index (Phi) is 31.6. The van der Waals surface area contributed by atoms with Crippen LogP contribution in [0.1, 0.15) is 37.4 Å². The third-order valence-corrected chi connectivity index (χ3v) is 26.9. The highest BCUT2D eigenvalue weighted by molar-refractivity contribution is 7.81. The number of hydrogen-bond acceptors (Lipinski definition) is 6. The fourth-order valence-corrected chi connectivity index (χ4v) is 21.1. The number of benzene rings is 15. The molecule has 2 N–H and O–H groups in total. The molecule has 0 spiro atoms. The molecule has 0 aromatic heterocycles. The van der Waals surface area contributed by atoms with Gasteiger partial charge >= 0.3 is 19.1 Å². The van der Waals surface area contributed by atoms with E-state index in [2.05, 4.69) is 394 Å². The molecule has 15 aromatic carbocycles. The van der Waals surface area contributed by atoms with Gasteiger partial charge in [0.2, 0.25) is 0 Å². The summed E-state index contributed by atoms with van der Waals surface area (Å²) >= 11 is 0. The summed E-state index contributed by atoms with van der Waals surface area (Å²) in [6.45, 7) is 5.70. The van der Waals surface area contributed by atoms with Gasteiger partial charge in [0.15, 0.2) is 0 Å². The van der Waals surface area contributed by atoms with Crippen molar-refractivity contribution < 1.29 is 29.1 Å². The number of esters is 2. The number of carbonyl (C=O) groups is 2. The topological polar surface area (TPSA) is 93.1 Å². The number of rotatable bonds is 16. The van der Waals surface area contributed by atoms with E-state index in [4.69, 9.17) is 14.8 Å². The maximum Gasteiger partial charge on any atom is 0.488 e. The summed E-state index contributed by atoms with van der Waals surface area (Å²) in [4.78, 5) is 22.7. The standard InChI is InChI=1S/4C18H15P.C16H16O2.C9H11BO4/c4*1-4-10-16(11-5-1)19(17-12-6-2-7-13-17)18-14-8-3-9-15-18;1-11-5-4-6-13(9-11)14-7-8-15(12(2)10-14)16(17)18-3;1-6-5-7(10(12)13)3-4-8(6)9(11)14-2/h4*1-15H;4-10H,1-3H3;3-5,12-13H,1-2H3. The van der Waals surface area contributed by atoms with Crippen LogP contribution in [0.3, 0.4) is 0 Å². The highest BCUT2D eigenvalue weighted by atomic mass is 31.1. The molecule has 0 fully saturated rings. The summed E-state index contributed by atoms with van der Waals surface area (Å²) in [5.41, 5.74) is 6.49. The third-order valence-electron chi connectivity index (χ3n) is 17.1. The molecule has 0 saturated heterocycles. The predicted molar refractivity (Wildman–Crippen MR) is 466 cm³/mol. The molecule has 0 unspecified atom stereocenters. The largest absolute Gasteiger partial charge is 0.488 e. The van der Waals surface area contributed by atoms with Crippen LogP contribution in [-0.2, 0) is 9.47 Å². The van der Waals surface area contributed by atoms with Crippen LogP contribution in [0.15, 0.2) is 425 Å². The first-order chi connectivity index (χ1) is 53.0. The first-order valence-electron chi connectivity index (χ1n) is 35.6. The fraction of sp³-hybridized carbons (Fsp3) is 0.0515. The Morgan fingerprint density at radius 2 is 0.444 bits per heavy atom. The van der Waals surface area contributed by atoms with Gasteiger partial charge in [-0.3, -0.25) is 0 Å². The summed E-state index contributed by atoms with van der Waals surface area (Å²) < 4.78 is 9.30. The molecule has 0 aliphatic rings. The summed E-state index contributed by atoms with van der Waals surface area (Å²) in [5.74, 6) is -0.718. The smallest absolute Gasteiger partial charge is 0.465 e. The van der Waals surface area contributed by atoms with Crippen molar-refractivity contribution in [3.8, 4) is 11.1 Å². The highest BCUT2D eigenvalue weighted by Gasteiger charge is 2.20. The molecule has 108 heavy (non-hydrogen) atoms. The first-order valence-corrected chi connectivity index (χ1v) is 41.0. The van der Waals surface area contributed by atoms with Crippen molar-refractivity contribution >= 4 is 120 Å². The van der Waals surface area contributed by atoms with Crippen LogP contribution >= 0.6 is 31.7 Å². The van der Waals surface area contributed by atoms with Crippen molar-refractivity contribution in [3.05, 3.63) is 452 Å². The van der Waals surface area contributed by atoms with E-state index in [1.807, 2.05) is 31.2 Å². The molecule has 0 amide bonds. The van der Waals surface area contributed by atoms with Crippen molar-refractivity contribution in [2.75, 3.05) is 14.2 Å². The van der Waals surface area contributed by atoms with E-state index in [0.717, 1.165) is 16.7 Å². The highest BCUT2D eigenvalue weighted by Crippen LogP contribution is 2.36. The molecule has 0 aliphatic heterocycles. The van der Waals surface area contributed by atoms with Gasteiger partial charge in [0.1, 0.15) is 0 Å². The summed E-state index contributed by atoms with van der Waals surface area (Å²) in [6.07, 6.45) is 0. The van der Waals surface area contributed by atoms with Crippen molar-refractivity contribution in [3.63, 3.8) is 0 Å². The Hall–Kier alpha value is -11.1. The van der Waals surface area contributed by atoms with E-state index >= 15 is 0 Å². The molecule has 15 rings (SSSR count). The van der Waals surface area contributed by atoms with Gasteiger partial charge < -0.3 is 19.5 Å². The minimum atomic E-state index is -1.51. The van der Waals surface area contributed by atoms with E-state index in [1.54, 1.807) is 6.92 Å². The molecule has 15 aromatic rings. The number of ether oxygens (including phenoxy) is 2. The fourth-order valence-electron chi connectivity index (χ4n) is 11.9. The van der Waals surface area contributed by atoms with Gasteiger partial charge in [0.25, 0.3) is 0 Å². The lowest BCUT2D eigenvalue weighted by molar-refractivity contribution is 0.0591. The van der Waals surface area contributed by atoms with Crippen molar-refractivity contribution in [2.24, 2.45) is 0 Å². The zero-order valence-electron chi connectivity index (χ0n) is 61.3. The van der Waals surface area contributed by atoms with Gasteiger partial charge in [0.05, 0.1) is 25.3 Å². The van der Waals surface area contributed by atoms with E-state index in [0.29, 0.717) is 22.2 Å². The zero-order chi connectivity index (χ0) is 75.5. The van der Waals surface area contributed by atoms with Crippen molar-refractivity contribution in [1.29, 1.82) is 0 Å². The average molecular weight is 1480 g/mol. The Balaban J connectivity index is 0.000000139. The molecule has 0 radical (unpaired) electrons. The van der Waals surface area contributed by atoms with Gasteiger partial charge in [-0.15, -0.1) is 0 Å². The lowest BCUT2D eigenvalue weighted by Crippen LogP contribution is -2.30. The SMILES string of the molecule is COC(=O)c1ccc(-c2cccc(C)c2)cc1C.COC(=O)c1ccc(B(O)O)cc1C.c1ccc(P(c2ccccc2)c2ccccc2)cc1.c1ccc(P(c2ccccc2)c2ccccc2)cc1.c1ccc(P(c2ccccc2)c2ccccc2)cc1.c1ccc(P(c2ccccc2)c2ccccc2)cc1. The van der Waals surface area contributed by atoms with Crippen LogP contribution < -0.4 is 69.1 Å². The van der Waals surface area contributed by atoms with Gasteiger partial charge in [-0.05, 0) is 156 Å². The van der Waals surface area contributed by atoms with Gasteiger partial charge in [-0.1, -0.05) is 418 Å². The Morgan fingerprint density at radius 3 is 0.630 bits per heavy atom. The van der Waals surface area contributed by atoms with Crippen LogP contribution in [0.5, 0.6) is 0 Å². The van der Waals surface area contributed by atoms with Crippen LogP contribution in [0.25, 0.3) is 11.1 Å². The van der Waals surface area contributed by atoms with Gasteiger partial charge in [0, 0.05) is 0 Å². The lowest BCUT2D eigenvalue weighted by Gasteiger charge is -2.18. The van der Waals surface area contributed by atoms with E-state index in [1.165, 1.54) is 102 Å². The first kappa shape index (κ1) is 79.5. The van der Waals surface area contributed by atoms with E-state index in [-0.39, 0.29) is 5.97 Å². The predicted octanol–water partition coefficient (Wildman–Crippen LogP) is 17.0. The normalized spacial score (nSPS) is 10.4. The lowest BCUT2D eigenvalue weighted by atomic mass is 9.79. The molecule has 534 valence electrons. The van der Waals surface area contributed by atoms with Crippen LogP contribution in [0, 0.1) is 20.8 Å². The molecule has 11 heteroatoms. The van der Waals surface area contributed by atoms with E-state index in [9.17, 15) is 9.59 Å². The minimum Gasteiger partial charge on any atom is -0.465 e. The second-order valence-electron chi connectivity index (χ2n) is 24.7. The molecule has 0 atom stereocenters. The summed E-state index contributed by atoms with van der Waals surface area (Å²) in [7, 11) is -0.596. The number of methoxy groups -OCH3 is 2.